The number of esters is 1. The lowest BCUT2D eigenvalue weighted by atomic mass is 9.84. The lowest BCUT2D eigenvalue weighted by Crippen LogP contribution is -2.59. The number of cyclic esters (lactones) is 1. The van der Waals surface area contributed by atoms with Gasteiger partial charge in [-0.05, 0) is 104 Å². The van der Waals surface area contributed by atoms with Gasteiger partial charge in [0.1, 0.15) is 30.0 Å². The molecule has 3 aromatic carbocycles. The molecule has 0 unspecified atom stereocenters. The van der Waals surface area contributed by atoms with Crippen molar-refractivity contribution in [2.75, 3.05) is 65.5 Å². The van der Waals surface area contributed by atoms with Gasteiger partial charge in [0.2, 0.25) is 5.91 Å². The lowest BCUT2D eigenvalue weighted by molar-refractivity contribution is -0.151. The Hall–Kier alpha value is -6.33. The van der Waals surface area contributed by atoms with Gasteiger partial charge in [0.15, 0.2) is 0 Å². The molecule has 0 spiro atoms. The third-order valence-corrected chi connectivity index (χ3v) is 16.4. The van der Waals surface area contributed by atoms with Crippen molar-refractivity contribution < 1.29 is 38.5 Å². The molecule has 5 aliphatic rings. The van der Waals surface area contributed by atoms with Crippen molar-refractivity contribution in [1.29, 1.82) is 0 Å². The van der Waals surface area contributed by atoms with Crippen LogP contribution in [0.3, 0.4) is 0 Å². The van der Waals surface area contributed by atoms with Crippen LogP contribution in [0.4, 0.5) is 5.69 Å². The summed E-state index contributed by atoms with van der Waals surface area (Å²) in [7, 11) is 5.48. The minimum Gasteiger partial charge on any atom is -0.508 e. The minimum absolute atomic E-state index is 0.00646. The van der Waals surface area contributed by atoms with E-state index in [0.29, 0.717) is 38.0 Å². The van der Waals surface area contributed by atoms with Gasteiger partial charge < -0.3 is 43.9 Å². The molecule has 5 aromatic rings. The van der Waals surface area contributed by atoms with Gasteiger partial charge in [0, 0.05) is 93.6 Å². The fraction of sp³-hybridized carbons (Fsp3) is 0.508. The van der Waals surface area contributed by atoms with Crippen molar-refractivity contribution in [1.82, 2.24) is 35.1 Å². The van der Waals surface area contributed by atoms with Crippen LogP contribution >= 0.6 is 0 Å². The van der Waals surface area contributed by atoms with E-state index in [2.05, 4.69) is 77.2 Å². The number of piperazine rings is 1. The summed E-state index contributed by atoms with van der Waals surface area (Å²) in [6.07, 6.45) is 2.71. The Labute approximate surface area is 440 Å². The smallest absolute Gasteiger partial charge is 0.325 e. The van der Waals surface area contributed by atoms with Crippen LogP contribution in [-0.2, 0) is 52.8 Å². The number of methoxy groups -OCH3 is 1. The van der Waals surface area contributed by atoms with Crippen molar-refractivity contribution >= 4 is 40.3 Å². The number of hydrogen-bond donors (Lipinski definition) is 3. The zero-order valence-electron chi connectivity index (χ0n) is 45.0. The number of fused-ring (bicyclic) bond motifs is 9. The van der Waals surface area contributed by atoms with Crippen LogP contribution < -0.4 is 15.6 Å². The molecule has 3 amide bonds. The summed E-state index contributed by atoms with van der Waals surface area (Å²) in [4.78, 5) is 69.8. The number of benzene rings is 3. The fourth-order valence-electron chi connectivity index (χ4n) is 12.2. The third-order valence-electron chi connectivity index (χ3n) is 16.4. The van der Waals surface area contributed by atoms with E-state index in [1.165, 1.54) is 9.91 Å². The maximum absolute atomic E-state index is 15.0. The standard InChI is InChI=1S/C59H74N8O8/c1-10-66-48-17-16-38-28-43(48)46(53(66)45-29-40(32-60-50(45)35(4)73-9)65-21-19-63(7)20-22-65)31-59(5,6)33-75-58(72)51-44-30-49(44)67(62-51)56(70)47(26-36-24-39(38)27-41(68)25-36)61-55(69)52(34(2)3)64(8)57(71)54-42(18-23-74-54)37-14-12-11-13-15-37/h11-17,24-25,27-29,32,34-35,42,44,47,49,51-52,54,62,68H,10,18-23,26,30-31,33H2,1-9H3,(H,61,69)/t35-,42+,44-,47-,49+,51-,52-,54+/m0/s1. The van der Waals surface area contributed by atoms with Crippen molar-refractivity contribution in [2.45, 2.75) is 116 Å². The van der Waals surface area contributed by atoms with Gasteiger partial charge in [-0.2, -0.15) is 0 Å². The highest BCUT2D eigenvalue weighted by molar-refractivity contribution is 5.97. The van der Waals surface area contributed by atoms with E-state index < -0.39 is 47.4 Å². The SMILES string of the molecule is CCn1c(-c2cc(N3CCN(C)CC3)cnc2[C@H](C)OC)c2c3cc(ccc31)-c1cc(O)cc(c1)C[C@H](NC(=O)[C@H](C(C)C)N(C)C(=O)[C@@H]1OCC[C@@H]1c1ccccc1)C(=O)N1N[C@H](C(=O)OCC(C)(C)C2)[C@H]2C[C@H]21. The highest BCUT2D eigenvalue weighted by atomic mass is 16.5. The van der Waals surface area contributed by atoms with E-state index in [-0.39, 0.29) is 54.6 Å². The van der Waals surface area contributed by atoms with Gasteiger partial charge in [-0.1, -0.05) is 70.2 Å². The Morgan fingerprint density at radius 3 is 2.48 bits per heavy atom. The van der Waals surface area contributed by atoms with Crippen LogP contribution in [0.15, 0.2) is 79.0 Å². The first-order valence-electron chi connectivity index (χ1n) is 26.9. The number of nitrogens with one attached hydrogen (secondary N) is 2. The second-order valence-corrected chi connectivity index (χ2v) is 22.7. The average Bonchev–Trinajstić information content (AvgIpc) is 3.69. The molecular formula is C59H74N8O8. The van der Waals surface area contributed by atoms with Crippen LogP contribution in [0.1, 0.15) is 88.8 Å². The number of hydrazine groups is 1. The Kier molecular flexibility index (Phi) is 14.6. The minimum atomic E-state index is -1.15. The number of anilines is 1. The highest BCUT2D eigenvalue weighted by Crippen LogP contribution is 2.46. The zero-order chi connectivity index (χ0) is 53.0. The molecule has 1 saturated carbocycles. The van der Waals surface area contributed by atoms with E-state index >= 15 is 4.79 Å². The number of rotatable bonds is 11. The molecule has 3 saturated heterocycles. The predicted molar refractivity (Wildman–Crippen MR) is 288 cm³/mol. The first kappa shape index (κ1) is 52.1. The number of phenolic OH excluding ortho intramolecular Hbond substituents is 1. The van der Waals surface area contributed by atoms with Gasteiger partial charge in [0.25, 0.3) is 11.8 Å². The van der Waals surface area contributed by atoms with E-state index in [1.54, 1.807) is 26.3 Å². The maximum atomic E-state index is 15.0. The second kappa shape index (κ2) is 21.0. The van der Waals surface area contributed by atoms with E-state index in [9.17, 15) is 19.5 Å². The number of phenols is 1. The average molecular weight is 1020 g/mol. The molecule has 398 valence electrons. The first-order chi connectivity index (χ1) is 35.9. The summed E-state index contributed by atoms with van der Waals surface area (Å²) < 4.78 is 20.7. The van der Waals surface area contributed by atoms with E-state index in [0.717, 1.165) is 82.0 Å². The topological polar surface area (TPSA) is 171 Å². The van der Waals surface area contributed by atoms with Crippen LogP contribution in [0.2, 0.25) is 0 Å². The summed E-state index contributed by atoms with van der Waals surface area (Å²) >= 11 is 0. The number of carbonyl (C=O) groups is 4. The number of nitrogens with zero attached hydrogens (tertiary/aromatic N) is 6. The second-order valence-electron chi connectivity index (χ2n) is 22.7. The van der Waals surface area contributed by atoms with Crippen molar-refractivity contribution in [3.05, 3.63) is 101 Å². The molecule has 2 aromatic heterocycles. The number of ether oxygens (including phenoxy) is 3. The molecular weight excluding hydrogens is 949 g/mol. The maximum Gasteiger partial charge on any atom is 0.325 e. The zero-order valence-corrected chi connectivity index (χ0v) is 45.0. The van der Waals surface area contributed by atoms with Gasteiger partial charge >= 0.3 is 5.97 Å². The summed E-state index contributed by atoms with van der Waals surface area (Å²) in [6.45, 7) is 17.0. The fourth-order valence-corrected chi connectivity index (χ4v) is 12.2. The van der Waals surface area contributed by atoms with Crippen LogP contribution in [-0.4, -0.2) is 144 Å². The molecule has 3 N–H and O–H groups in total. The Morgan fingerprint density at radius 1 is 1.00 bits per heavy atom. The van der Waals surface area contributed by atoms with Crippen LogP contribution in [0.25, 0.3) is 33.3 Å². The number of amides is 3. The number of carbonyl (C=O) groups excluding carboxylic acids is 4. The van der Waals surface area contributed by atoms with Crippen LogP contribution in [0.5, 0.6) is 5.75 Å². The molecule has 1 aliphatic carbocycles. The normalized spacial score (nSPS) is 24.7. The van der Waals surface area contributed by atoms with Gasteiger partial charge in [-0.3, -0.25) is 29.2 Å². The molecule has 16 nitrogen and oxygen atoms in total. The van der Waals surface area contributed by atoms with Gasteiger partial charge in [0.05, 0.1) is 42.0 Å². The van der Waals surface area contributed by atoms with E-state index in [1.807, 2.05) is 63.4 Å². The molecule has 4 aliphatic heterocycles. The molecule has 16 heteroatoms. The summed E-state index contributed by atoms with van der Waals surface area (Å²) in [5.74, 6) is -2.34. The molecule has 0 radical (unpaired) electrons. The molecule has 6 bridgehead atoms. The Morgan fingerprint density at radius 2 is 1.76 bits per heavy atom. The lowest BCUT2D eigenvalue weighted by Gasteiger charge is -2.34. The first-order valence-corrected chi connectivity index (χ1v) is 26.9. The summed E-state index contributed by atoms with van der Waals surface area (Å²) in [5.41, 5.74) is 11.8. The number of aryl methyl sites for hydroxylation is 1. The van der Waals surface area contributed by atoms with Crippen molar-refractivity contribution in [2.24, 2.45) is 17.3 Å². The summed E-state index contributed by atoms with van der Waals surface area (Å²) in [5, 5.41) is 17.1. The molecule has 8 atom stereocenters. The highest BCUT2D eigenvalue weighted by Gasteiger charge is 2.59. The number of likely N-dealkylation sites (N-methyl/N-ethyl adjacent to an activating group) is 2. The van der Waals surface area contributed by atoms with Crippen molar-refractivity contribution in [3.63, 3.8) is 0 Å². The third kappa shape index (κ3) is 10.3. The quantitative estimate of drug-likeness (QED) is 0.118. The number of hydrogen-bond acceptors (Lipinski definition) is 12. The molecule has 75 heavy (non-hydrogen) atoms. The van der Waals surface area contributed by atoms with Gasteiger partial charge in [-0.15, -0.1) is 0 Å². The molecule has 10 rings (SSSR count). The van der Waals surface area contributed by atoms with Gasteiger partial charge in [-0.25, -0.2) is 5.43 Å². The number of aromatic hydroxyl groups is 1. The van der Waals surface area contributed by atoms with E-state index in [4.69, 9.17) is 19.2 Å². The largest absolute Gasteiger partial charge is 0.508 e. The molecule has 4 fully saturated rings. The molecule has 6 heterocycles. The Bertz CT molecular complexity index is 2970. The summed E-state index contributed by atoms with van der Waals surface area (Å²) in [6, 6.07) is 20.6. The Balaban J connectivity index is 1.05. The number of aromatic nitrogens is 2. The number of pyridine rings is 1. The predicted octanol–water partition coefficient (Wildman–Crippen LogP) is 6.87. The van der Waals surface area contributed by atoms with Crippen molar-refractivity contribution in [3.8, 4) is 28.1 Å². The monoisotopic (exact) mass is 1020 g/mol. The van der Waals surface area contributed by atoms with Crippen LogP contribution in [0, 0.1) is 17.3 Å².